The first kappa shape index (κ1) is 39.9. The molecule has 0 aromatic heterocycles. The Morgan fingerprint density at radius 2 is 0.976 bits per heavy atom. The zero-order valence-electron chi connectivity index (χ0n) is 27.6. The van der Waals surface area contributed by atoms with E-state index in [2.05, 4.69) is 25.2 Å². The lowest BCUT2D eigenvalue weighted by Gasteiger charge is -2.19. The second-order valence-corrected chi connectivity index (χ2v) is 12.3. The molecule has 1 amide bonds. The quantitative estimate of drug-likeness (QED) is 0.0550. The highest BCUT2D eigenvalue weighted by molar-refractivity contribution is 5.76. The summed E-state index contributed by atoms with van der Waals surface area (Å²) in [5, 5.41) is 22.7. The largest absolute Gasteiger partial charge is 0.394 e. The number of aliphatic hydroxyl groups excluding tert-OH is 2. The molecule has 0 aromatic rings. The molecule has 0 saturated carbocycles. The summed E-state index contributed by atoms with van der Waals surface area (Å²) in [7, 11) is 0. The summed E-state index contributed by atoms with van der Waals surface area (Å²) in [6.45, 7) is 4.24. The van der Waals surface area contributed by atoms with Crippen molar-refractivity contribution in [1.82, 2.24) is 5.32 Å². The maximum Gasteiger partial charge on any atom is 0.220 e. The first-order chi connectivity index (χ1) is 20.2. The highest BCUT2D eigenvalue weighted by atomic mass is 16.3. The van der Waals surface area contributed by atoms with Crippen molar-refractivity contribution in [3.63, 3.8) is 0 Å². The second kappa shape index (κ2) is 33.4. The lowest BCUT2D eigenvalue weighted by Crippen LogP contribution is -2.45. The van der Waals surface area contributed by atoms with E-state index in [4.69, 9.17) is 0 Å². The third-order valence-electron chi connectivity index (χ3n) is 8.24. The zero-order valence-corrected chi connectivity index (χ0v) is 27.6. The lowest BCUT2D eigenvalue weighted by atomic mass is 10.0. The molecule has 2 atom stereocenters. The van der Waals surface area contributed by atoms with Crippen molar-refractivity contribution in [3.05, 3.63) is 24.3 Å². The van der Waals surface area contributed by atoms with Crippen LogP contribution in [0.2, 0.25) is 0 Å². The van der Waals surface area contributed by atoms with Crippen LogP contribution in [-0.2, 0) is 4.79 Å². The first-order valence-corrected chi connectivity index (χ1v) is 18.1. The molecule has 4 heteroatoms. The van der Waals surface area contributed by atoms with Crippen molar-refractivity contribution in [1.29, 1.82) is 0 Å². The Morgan fingerprint density at radius 3 is 1.39 bits per heavy atom. The number of rotatable bonds is 32. The van der Waals surface area contributed by atoms with E-state index < -0.39 is 12.1 Å². The number of aliphatic hydroxyl groups is 2. The average Bonchev–Trinajstić information content (AvgIpc) is 2.97. The molecule has 0 rings (SSSR count). The summed E-state index contributed by atoms with van der Waals surface area (Å²) in [6.07, 6.45) is 41.4. The normalized spacial score (nSPS) is 13.4. The van der Waals surface area contributed by atoms with Crippen LogP contribution in [0.15, 0.2) is 24.3 Å². The van der Waals surface area contributed by atoms with Gasteiger partial charge in [0.25, 0.3) is 0 Å². The predicted molar refractivity (Wildman–Crippen MR) is 179 cm³/mol. The third kappa shape index (κ3) is 30.1. The fraction of sp³-hybridized carbons (Fsp3) is 0.865. The molecule has 41 heavy (non-hydrogen) atoms. The van der Waals surface area contributed by atoms with Gasteiger partial charge in [-0.05, 0) is 19.3 Å². The number of unbranched alkanes of at least 4 members (excludes halogenated alkanes) is 24. The van der Waals surface area contributed by atoms with Gasteiger partial charge in [0.05, 0.1) is 18.8 Å². The Hall–Kier alpha value is -1.13. The molecular formula is C37H71NO3. The molecule has 242 valence electrons. The SMILES string of the molecule is CCCCCCC/C=C/C=C/[C@@H](O)[C@H](CO)NC(=O)CCCCCCCCCCCCCCCCCCCCCC. The van der Waals surface area contributed by atoms with Crippen molar-refractivity contribution >= 4 is 5.91 Å². The number of nitrogens with one attached hydrogen (secondary N) is 1. The predicted octanol–water partition coefficient (Wildman–Crippen LogP) is 10.5. The third-order valence-corrected chi connectivity index (χ3v) is 8.24. The molecule has 0 aliphatic rings. The van der Waals surface area contributed by atoms with Crippen LogP contribution < -0.4 is 5.32 Å². The Kier molecular flexibility index (Phi) is 32.5. The fourth-order valence-corrected chi connectivity index (χ4v) is 5.41. The molecule has 0 heterocycles. The molecule has 0 aromatic carbocycles. The summed E-state index contributed by atoms with van der Waals surface area (Å²) in [5.41, 5.74) is 0. The van der Waals surface area contributed by atoms with E-state index in [-0.39, 0.29) is 12.5 Å². The van der Waals surface area contributed by atoms with Crippen molar-refractivity contribution < 1.29 is 15.0 Å². The second-order valence-electron chi connectivity index (χ2n) is 12.3. The van der Waals surface area contributed by atoms with Gasteiger partial charge in [0.15, 0.2) is 0 Å². The maximum absolute atomic E-state index is 12.3. The number of amides is 1. The molecule has 0 aliphatic carbocycles. The smallest absolute Gasteiger partial charge is 0.220 e. The highest BCUT2D eigenvalue weighted by Gasteiger charge is 2.17. The number of allylic oxidation sites excluding steroid dienone is 3. The van der Waals surface area contributed by atoms with Crippen LogP contribution in [0.3, 0.4) is 0 Å². The van der Waals surface area contributed by atoms with Crippen molar-refractivity contribution in [2.45, 2.75) is 199 Å². The minimum Gasteiger partial charge on any atom is -0.394 e. The van der Waals surface area contributed by atoms with Crippen molar-refractivity contribution in [2.24, 2.45) is 0 Å². The standard InChI is InChI=1S/C37H71NO3/c1-3-5-7-9-11-13-14-15-16-17-18-19-20-21-22-23-25-27-29-31-33-37(41)38-35(34-39)36(40)32-30-28-26-24-12-10-8-6-4-2/h26,28,30,32,35-36,39-40H,3-25,27,29,31,33-34H2,1-2H3,(H,38,41)/b28-26+,32-30+/t35-,36+/m0/s1. The summed E-state index contributed by atoms with van der Waals surface area (Å²) in [4.78, 5) is 12.3. The Bertz CT molecular complexity index is 589. The molecule has 0 aliphatic heterocycles. The van der Waals surface area contributed by atoms with Gasteiger partial charge < -0.3 is 15.5 Å². The van der Waals surface area contributed by atoms with Gasteiger partial charge in [-0.15, -0.1) is 0 Å². The van der Waals surface area contributed by atoms with Crippen LogP contribution in [0.25, 0.3) is 0 Å². The van der Waals surface area contributed by atoms with E-state index in [0.717, 1.165) is 19.3 Å². The highest BCUT2D eigenvalue weighted by Crippen LogP contribution is 2.15. The number of carbonyl (C=O) groups excluding carboxylic acids is 1. The molecule has 0 saturated heterocycles. The van der Waals surface area contributed by atoms with Gasteiger partial charge in [-0.2, -0.15) is 0 Å². The van der Waals surface area contributed by atoms with Crippen LogP contribution in [0.1, 0.15) is 187 Å². The minimum atomic E-state index is -0.881. The van der Waals surface area contributed by atoms with Crippen LogP contribution in [0.4, 0.5) is 0 Å². The summed E-state index contributed by atoms with van der Waals surface area (Å²) < 4.78 is 0. The van der Waals surface area contributed by atoms with E-state index in [1.165, 1.54) is 148 Å². The van der Waals surface area contributed by atoms with Crippen molar-refractivity contribution in [2.75, 3.05) is 6.61 Å². The average molecular weight is 578 g/mol. The van der Waals surface area contributed by atoms with Crippen LogP contribution in [-0.4, -0.2) is 34.9 Å². The zero-order chi connectivity index (χ0) is 30.1. The van der Waals surface area contributed by atoms with E-state index >= 15 is 0 Å². The topological polar surface area (TPSA) is 69.6 Å². The van der Waals surface area contributed by atoms with E-state index in [1.54, 1.807) is 6.08 Å². The monoisotopic (exact) mass is 578 g/mol. The van der Waals surface area contributed by atoms with Gasteiger partial charge in [0.2, 0.25) is 5.91 Å². The van der Waals surface area contributed by atoms with E-state index in [9.17, 15) is 15.0 Å². The van der Waals surface area contributed by atoms with Crippen LogP contribution in [0, 0.1) is 0 Å². The Balaban J connectivity index is 3.55. The number of hydrogen-bond acceptors (Lipinski definition) is 3. The minimum absolute atomic E-state index is 0.0819. The van der Waals surface area contributed by atoms with Crippen LogP contribution in [0.5, 0.6) is 0 Å². The lowest BCUT2D eigenvalue weighted by molar-refractivity contribution is -0.123. The van der Waals surface area contributed by atoms with Gasteiger partial charge in [-0.1, -0.05) is 186 Å². The maximum atomic E-state index is 12.3. The molecule has 0 bridgehead atoms. The molecule has 4 nitrogen and oxygen atoms in total. The summed E-state index contributed by atoms with van der Waals surface area (Å²) in [5.74, 6) is -0.0819. The van der Waals surface area contributed by atoms with E-state index in [0.29, 0.717) is 6.42 Å². The Morgan fingerprint density at radius 1 is 0.585 bits per heavy atom. The summed E-state index contributed by atoms with van der Waals surface area (Å²) in [6, 6.07) is -0.647. The molecule has 0 spiro atoms. The molecule has 0 unspecified atom stereocenters. The fourth-order valence-electron chi connectivity index (χ4n) is 5.41. The van der Waals surface area contributed by atoms with Gasteiger partial charge in [-0.3, -0.25) is 4.79 Å². The van der Waals surface area contributed by atoms with E-state index in [1.807, 2.05) is 12.2 Å². The van der Waals surface area contributed by atoms with Gasteiger partial charge in [0.1, 0.15) is 0 Å². The number of hydrogen-bond donors (Lipinski definition) is 3. The van der Waals surface area contributed by atoms with Gasteiger partial charge >= 0.3 is 0 Å². The number of carbonyl (C=O) groups is 1. The molecule has 0 radical (unpaired) electrons. The first-order valence-electron chi connectivity index (χ1n) is 18.1. The molecule has 0 fully saturated rings. The van der Waals surface area contributed by atoms with Gasteiger partial charge in [0, 0.05) is 6.42 Å². The molecular weight excluding hydrogens is 506 g/mol. The van der Waals surface area contributed by atoms with Crippen molar-refractivity contribution in [3.8, 4) is 0 Å². The van der Waals surface area contributed by atoms with Crippen LogP contribution >= 0.6 is 0 Å². The molecule has 3 N–H and O–H groups in total. The Labute approximate surface area is 256 Å². The summed E-state index contributed by atoms with van der Waals surface area (Å²) >= 11 is 0. The van der Waals surface area contributed by atoms with Gasteiger partial charge in [-0.25, -0.2) is 0 Å².